The van der Waals surface area contributed by atoms with Gasteiger partial charge < -0.3 is 14.5 Å². The lowest BCUT2D eigenvalue weighted by molar-refractivity contribution is -0.140. The van der Waals surface area contributed by atoms with Crippen molar-refractivity contribution in [2.75, 3.05) is 32.8 Å². The average Bonchev–Trinajstić information content (AvgIpc) is 2.61. The first kappa shape index (κ1) is 17.2. The van der Waals surface area contributed by atoms with Crippen molar-refractivity contribution >= 4 is 23.4 Å². The maximum atomic E-state index is 12.5. The molecule has 0 bridgehead atoms. The number of hydrogen-bond acceptors (Lipinski definition) is 3. The van der Waals surface area contributed by atoms with Crippen LogP contribution >= 0.6 is 11.6 Å². The van der Waals surface area contributed by atoms with E-state index in [1.807, 2.05) is 34.1 Å². The van der Waals surface area contributed by atoms with Crippen LogP contribution in [0, 0.1) is 0 Å². The lowest BCUT2D eigenvalue weighted by Gasteiger charge is -2.34. The molecule has 1 aromatic carbocycles. The van der Waals surface area contributed by atoms with E-state index in [0.717, 1.165) is 24.9 Å². The number of benzene rings is 1. The molecule has 24 heavy (non-hydrogen) atoms. The Morgan fingerprint density at radius 2 is 2.00 bits per heavy atom. The van der Waals surface area contributed by atoms with Crippen LogP contribution in [-0.4, -0.2) is 54.4 Å². The van der Waals surface area contributed by atoms with Gasteiger partial charge in [0.05, 0.1) is 13.2 Å². The highest BCUT2D eigenvalue weighted by Crippen LogP contribution is 2.24. The van der Waals surface area contributed by atoms with Crippen molar-refractivity contribution in [1.82, 2.24) is 9.80 Å². The predicted molar refractivity (Wildman–Crippen MR) is 91.8 cm³/mol. The average molecular weight is 351 g/mol. The van der Waals surface area contributed by atoms with Crippen molar-refractivity contribution in [2.24, 2.45) is 0 Å². The first-order chi connectivity index (χ1) is 11.6. The fourth-order valence-electron chi connectivity index (χ4n) is 3.24. The van der Waals surface area contributed by atoms with E-state index in [1.54, 1.807) is 0 Å². The standard InChI is InChI=1S/C18H23ClN2O3/c19-15-6-4-14(5-7-15)16-13-21(11-12-24-16)18(23)8-10-20-9-2-1-3-17(20)22/h4-7,16H,1-3,8-13H2. The third-order valence-corrected chi connectivity index (χ3v) is 4.93. The number of amides is 2. The van der Waals surface area contributed by atoms with Crippen LogP contribution in [-0.2, 0) is 14.3 Å². The van der Waals surface area contributed by atoms with Gasteiger partial charge in [-0.3, -0.25) is 9.59 Å². The number of piperidine rings is 1. The Morgan fingerprint density at radius 3 is 2.75 bits per heavy atom. The van der Waals surface area contributed by atoms with Crippen LogP contribution in [0.15, 0.2) is 24.3 Å². The molecular weight excluding hydrogens is 328 g/mol. The van der Waals surface area contributed by atoms with E-state index in [-0.39, 0.29) is 17.9 Å². The highest BCUT2D eigenvalue weighted by Gasteiger charge is 2.26. The Bertz CT molecular complexity index is 590. The summed E-state index contributed by atoms with van der Waals surface area (Å²) in [6, 6.07) is 7.55. The van der Waals surface area contributed by atoms with Crippen LogP contribution in [0.5, 0.6) is 0 Å². The molecule has 1 aromatic rings. The summed E-state index contributed by atoms with van der Waals surface area (Å²) >= 11 is 5.92. The molecule has 2 amide bonds. The Morgan fingerprint density at radius 1 is 1.21 bits per heavy atom. The van der Waals surface area contributed by atoms with Gasteiger partial charge in [-0.2, -0.15) is 0 Å². The molecule has 0 saturated carbocycles. The topological polar surface area (TPSA) is 49.9 Å². The van der Waals surface area contributed by atoms with E-state index in [1.165, 1.54) is 0 Å². The van der Waals surface area contributed by atoms with Gasteiger partial charge in [-0.15, -0.1) is 0 Å². The fourth-order valence-corrected chi connectivity index (χ4v) is 3.37. The number of nitrogens with zero attached hydrogens (tertiary/aromatic N) is 2. The third-order valence-electron chi connectivity index (χ3n) is 4.68. The highest BCUT2D eigenvalue weighted by molar-refractivity contribution is 6.30. The van der Waals surface area contributed by atoms with Crippen molar-refractivity contribution in [1.29, 1.82) is 0 Å². The SMILES string of the molecule is O=C1CCCCN1CCC(=O)N1CCOC(c2ccc(Cl)cc2)C1. The van der Waals surface area contributed by atoms with Crippen molar-refractivity contribution in [3.63, 3.8) is 0 Å². The van der Waals surface area contributed by atoms with Crippen molar-refractivity contribution < 1.29 is 14.3 Å². The zero-order valence-corrected chi connectivity index (χ0v) is 14.5. The van der Waals surface area contributed by atoms with Crippen LogP contribution in [0.1, 0.15) is 37.4 Å². The monoisotopic (exact) mass is 350 g/mol. The minimum Gasteiger partial charge on any atom is -0.370 e. The minimum absolute atomic E-state index is 0.0932. The number of morpholine rings is 1. The molecule has 2 heterocycles. The summed E-state index contributed by atoms with van der Waals surface area (Å²) < 4.78 is 5.79. The Hall–Kier alpha value is -1.59. The lowest BCUT2D eigenvalue weighted by Crippen LogP contribution is -2.44. The molecular formula is C18H23ClN2O3. The predicted octanol–water partition coefficient (Wildman–Crippen LogP) is 2.64. The van der Waals surface area contributed by atoms with Crippen molar-refractivity contribution in [2.45, 2.75) is 31.8 Å². The summed E-state index contributed by atoms with van der Waals surface area (Å²) in [4.78, 5) is 28.0. The van der Waals surface area contributed by atoms with Gasteiger partial charge >= 0.3 is 0 Å². The maximum Gasteiger partial charge on any atom is 0.224 e. The largest absolute Gasteiger partial charge is 0.370 e. The fraction of sp³-hybridized carbons (Fsp3) is 0.556. The summed E-state index contributed by atoms with van der Waals surface area (Å²) in [5, 5.41) is 0.689. The second-order valence-electron chi connectivity index (χ2n) is 6.34. The number of ether oxygens (including phenoxy) is 1. The molecule has 2 aliphatic rings. The molecule has 1 atom stereocenters. The molecule has 1 unspecified atom stereocenters. The van der Waals surface area contributed by atoms with Gasteiger partial charge in [-0.1, -0.05) is 23.7 Å². The number of hydrogen-bond donors (Lipinski definition) is 0. The van der Waals surface area contributed by atoms with Crippen molar-refractivity contribution in [3.05, 3.63) is 34.9 Å². The van der Waals surface area contributed by atoms with Crippen LogP contribution in [0.4, 0.5) is 0 Å². The molecule has 130 valence electrons. The summed E-state index contributed by atoms with van der Waals surface area (Å²) in [7, 11) is 0. The van der Waals surface area contributed by atoms with Gasteiger partial charge in [-0.25, -0.2) is 0 Å². The molecule has 0 N–H and O–H groups in total. The number of rotatable bonds is 4. The van der Waals surface area contributed by atoms with E-state index >= 15 is 0 Å². The molecule has 2 fully saturated rings. The quantitative estimate of drug-likeness (QED) is 0.838. The lowest BCUT2D eigenvalue weighted by atomic mass is 10.1. The second-order valence-corrected chi connectivity index (χ2v) is 6.78. The molecule has 3 rings (SSSR count). The molecule has 0 aromatic heterocycles. The zero-order valence-electron chi connectivity index (χ0n) is 13.7. The number of carbonyl (C=O) groups is 2. The zero-order chi connectivity index (χ0) is 16.9. The van der Waals surface area contributed by atoms with Gasteiger partial charge in [0.25, 0.3) is 0 Å². The van der Waals surface area contributed by atoms with Crippen molar-refractivity contribution in [3.8, 4) is 0 Å². The molecule has 0 spiro atoms. The summed E-state index contributed by atoms with van der Waals surface area (Å²) in [5.41, 5.74) is 1.03. The second kappa shape index (κ2) is 7.99. The minimum atomic E-state index is -0.114. The van der Waals surface area contributed by atoms with Crippen LogP contribution in [0.3, 0.4) is 0 Å². The molecule has 6 heteroatoms. The van der Waals surface area contributed by atoms with Crippen LogP contribution in [0.25, 0.3) is 0 Å². The Kier molecular flexibility index (Phi) is 5.74. The number of likely N-dealkylation sites (tertiary alicyclic amines) is 1. The van der Waals surface area contributed by atoms with Gasteiger partial charge in [-0.05, 0) is 30.5 Å². The van der Waals surface area contributed by atoms with E-state index in [4.69, 9.17) is 16.3 Å². The summed E-state index contributed by atoms with van der Waals surface area (Å²) in [6.45, 7) is 3.00. The summed E-state index contributed by atoms with van der Waals surface area (Å²) in [5.74, 6) is 0.269. The van der Waals surface area contributed by atoms with E-state index in [2.05, 4.69) is 0 Å². The van der Waals surface area contributed by atoms with Gasteiger partial charge in [0.15, 0.2) is 0 Å². The van der Waals surface area contributed by atoms with E-state index in [0.29, 0.717) is 44.1 Å². The number of carbonyl (C=O) groups excluding carboxylic acids is 2. The van der Waals surface area contributed by atoms with Crippen LogP contribution in [0.2, 0.25) is 5.02 Å². The van der Waals surface area contributed by atoms with E-state index < -0.39 is 0 Å². The third kappa shape index (κ3) is 4.28. The molecule has 2 saturated heterocycles. The molecule has 0 radical (unpaired) electrons. The molecule has 2 aliphatic heterocycles. The first-order valence-corrected chi connectivity index (χ1v) is 8.94. The molecule has 0 aliphatic carbocycles. The first-order valence-electron chi connectivity index (χ1n) is 8.56. The van der Waals surface area contributed by atoms with Gasteiger partial charge in [0.2, 0.25) is 11.8 Å². The highest BCUT2D eigenvalue weighted by atomic mass is 35.5. The molecule has 5 nitrogen and oxygen atoms in total. The Balaban J connectivity index is 1.53. The smallest absolute Gasteiger partial charge is 0.224 e. The van der Waals surface area contributed by atoms with Gasteiger partial charge in [0, 0.05) is 37.5 Å². The maximum absolute atomic E-state index is 12.5. The van der Waals surface area contributed by atoms with Crippen LogP contribution < -0.4 is 0 Å². The Labute approximate surface area is 147 Å². The van der Waals surface area contributed by atoms with E-state index in [9.17, 15) is 9.59 Å². The normalized spacial score (nSPS) is 21.9. The van der Waals surface area contributed by atoms with Gasteiger partial charge in [0.1, 0.15) is 6.10 Å². The number of halogens is 1. The summed E-state index contributed by atoms with van der Waals surface area (Å²) in [6.07, 6.45) is 2.89.